The van der Waals surface area contributed by atoms with Gasteiger partial charge in [-0.3, -0.25) is 4.79 Å². The Hall–Kier alpha value is -1.01. The van der Waals surface area contributed by atoms with Gasteiger partial charge in [0.1, 0.15) is 18.2 Å². The zero-order valence-electron chi connectivity index (χ0n) is 7.81. The number of nitrogens with one attached hydrogen (secondary N) is 1. The van der Waals surface area contributed by atoms with Gasteiger partial charge in [-0.2, -0.15) is 0 Å². The second kappa shape index (κ2) is 5.18. The summed E-state index contributed by atoms with van der Waals surface area (Å²) in [5.41, 5.74) is -0.210. The first-order valence-corrected chi connectivity index (χ1v) is 4.77. The summed E-state index contributed by atoms with van der Waals surface area (Å²) in [5.74, 6) is -1.91. The van der Waals surface area contributed by atoms with Crippen LogP contribution in [0.25, 0.3) is 0 Å². The Morgan fingerprint density at radius 1 is 1.47 bits per heavy atom. The first-order valence-electron chi connectivity index (χ1n) is 3.98. The minimum Gasteiger partial charge on any atom is -0.375 e. The standard InChI is InChI=1S/C9H8BrF2NO2/c1-15-4-9(14)13-8-3-6(11)5(10)2-7(8)12/h2-3H,4H2,1H3,(H,13,14). The Labute approximate surface area is 93.5 Å². The van der Waals surface area contributed by atoms with Crippen LogP contribution in [-0.2, 0) is 9.53 Å². The molecule has 1 aromatic rings. The molecule has 82 valence electrons. The van der Waals surface area contributed by atoms with Gasteiger partial charge in [-0.15, -0.1) is 0 Å². The number of anilines is 1. The molecule has 6 heteroatoms. The number of methoxy groups -OCH3 is 1. The number of hydrogen-bond donors (Lipinski definition) is 1. The van der Waals surface area contributed by atoms with Gasteiger partial charge in [0.2, 0.25) is 5.91 Å². The van der Waals surface area contributed by atoms with Gasteiger partial charge in [0.05, 0.1) is 10.2 Å². The summed E-state index contributed by atoms with van der Waals surface area (Å²) >= 11 is 2.82. The van der Waals surface area contributed by atoms with Crippen molar-refractivity contribution in [2.75, 3.05) is 19.0 Å². The first-order chi connectivity index (χ1) is 7.04. The zero-order chi connectivity index (χ0) is 11.4. The summed E-state index contributed by atoms with van der Waals surface area (Å²) in [6, 6.07) is 1.84. The van der Waals surface area contributed by atoms with Crippen LogP contribution < -0.4 is 5.32 Å². The van der Waals surface area contributed by atoms with Gasteiger partial charge < -0.3 is 10.1 Å². The molecule has 0 bridgehead atoms. The highest BCUT2D eigenvalue weighted by molar-refractivity contribution is 9.10. The molecule has 0 heterocycles. The third kappa shape index (κ3) is 3.24. The SMILES string of the molecule is COCC(=O)Nc1cc(F)c(Br)cc1F. The van der Waals surface area contributed by atoms with E-state index in [0.717, 1.165) is 12.1 Å². The van der Waals surface area contributed by atoms with Gasteiger partial charge in [-0.05, 0) is 22.0 Å². The molecule has 1 N–H and O–H groups in total. The van der Waals surface area contributed by atoms with Crippen molar-refractivity contribution in [3.05, 3.63) is 28.2 Å². The molecule has 0 aliphatic rings. The van der Waals surface area contributed by atoms with Crippen molar-refractivity contribution in [3.63, 3.8) is 0 Å². The number of halogens is 3. The average Bonchev–Trinajstić information content (AvgIpc) is 2.14. The Morgan fingerprint density at radius 2 is 2.13 bits per heavy atom. The Bertz CT molecular complexity index is 385. The van der Waals surface area contributed by atoms with Crippen LogP contribution in [0.4, 0.5) is 14.5 Å². The summed E-state index contributed by atoms with van der Waals surface area (Å²) in [6.07, 6.45) is 0. The van der Waals surface area contributed by atoms with Gasteiger partial charge in [0.25, 0.3) is 0 Å². The molecule has 0 aliphatic heterocycles. The van der Waals surface area contributed by atoms with E-state index in [2.05, 4.69) is 26.0 Å². The highest BCUT2D eigenvalue weighted by atomic mass is 79.9. The van der Waals surface area contributed by atoms with E-state index in [1.54, 1.807) is 0 Å². The zero-order valence-corrected chi connectivity index (χ0v) is 9.40. The van der Waals surface area contributed by atoms with Gasteiger partial charge >= 0.3 is 0 Å². The van der Waals surface area contributed by atoms with E-state index in [1.807, 2.05) is 0 Å². The van der Waals surface area contributed by atoms with E-state index < -0.39 is 17.5 Å². The van der Waals surface area contributed by atoms with Crippen molar-refractivity contribution in [2.45, 2.75) is 0 Å². The third-order valence-electron chi connectivity index (χ3n) is 1.56. The van der Waals surface area contributed by atoms with E-state index in [4.69, 9.17) is 0 Å². The topological polar surface area (TPSA) is 38.3 Å². The van der Waals surface area contributed by atoms with Gasteiger partial charge in [0, 0.05) is 13.2 Å². The minimum atomic E-state index is -0.715. The maximum Gasteiger partial charge on any atom is 0.250 e. The Morgan fingerprint density at radius 3 is 2.73 bits per heavy atom. The molecule has 0 spiro atoms. The van der Waals surface area contributed by atoms with Crippen LogP contribution in [0.3, 0.4) is 0 Å². The number of carbonyl (C=O) groups is 1. The molecular formula is C9H8BrF2NO2. The third-order valence-corrected chi connectivity index (χ3v) is 2.17. The molecule has 1 aromatic carbocycles. The summed E-state index contributed by atoms with van der Waals surface area (Å²) in [7, 11) is 1.33. The average molecular weight is 280 g/mol. The molecule has 0 aliphatic carbocycles. The molecule has 0 fully saturated rings. The monoisotopic (exact) mass is 279 g/mol. The van der Waals surface area contributed by atoms with Crippen molar-refractivity contribution in [2.24, 2.45) is 0 Å². The predicted molar refractivity (Wildman–Crippen MR) is 54.6 cm³/mol. The fourth-order valence-electron chi connectivity index (χ4n) is 0.936. The highest BCUT2D eigenvalue weighted by Crippen LogP contribution is 2.23. The molecule has 0 radical (unpaired) electrons. The summed E-state index contributed by atoms with van der Waals surface area (Å²) in [4.78, 5) is 11.0. The van der Waals surface area contributed by atoms with Crippen molar-refractivity contribution >= 4 is 27.5 Å². The van der Waals surface area contributed by atoms with Crippen LogP contribution in [0.15, 0.2) is 16.6 Å². The maximum absolute atomic E-state index is 13.2. The molecule has 0 saturated heterocycles. The number of carbonyl (C=O) groups excluding carboxylic acids is 1. The first kappa shape index (κ1) is 12.1. The molecule has 15 heavy (non-hydrogen) atoms. The summed E-state index contributed by atoms with van der Waals surface area (Å²) in [5, 5.41) is 2.18. The molecule has 0 atom stereocenters. The Kier molecular flexibility index (Phi) is 4.16. The van der Waals surface area contributed by atoms with E-state index in [-0.39, 0.29) is 16.8 Å². The number of benzene rings is 1. The molecule has 0 unspecified atom stereocenters. The van der Waals surface area contributed by atoms with Gasteiger partial charge in [0.15, 0.2) is 0 Å². The van der Waals surface area contributed by atoms with E-state index in [9.17, 15) is 13.6 Å². The van der Waals surface area contributed by atoms with Crippen molar-refractivity contribution in [3.8, 4) is 0 Å². The van der Waals surface area contributed by atoms with Crippen molar-refractivity contribution < 1.29 is 18.3 Å². The maximum atomic E-state index is 13.2. The van der Waals surface area contributed by atoms with Crippen LogP contribution in [0.2, 0.25) is 0 Å². The lowest BCUT2D eigenvalue weighted by atomic mass is 10.3. The van der Waals surface area contributed by atoms with Crippen LogP contribution in [0.5, 0.6) is 0 Å². The summed E-state index contributed by atoms with van der Waals surface area (Å²) in [6.45, 7) is -0.211. The van der Waals surface area contributed by atoms with E-state index in [0.29, 0.717) is 0 Å². The molecule has 0 aromatic heterocycles. The van der Waals surface area contributed by atoms with Crippen LogP contribution >= 0.6 is 15.9 Å². The predicted octanol–water partition coefficient (Wildman–Crippen LogP) is 2.31. The number of amides is 1. The quantitative estimate of drug-likeness (QED) is 0.863. The second-order valence-corrected chi connectivity index (χ2v) is 3.58. The second-order valence-electron chi connectivity index (χ2n) is 2.73. The van der Waals surface area contributed by atoms with Crippen LogP contribution in [0, 0.1) is 11.6 Å². The molecule has 1 amide bonds. The van der Waals surface area contributed by atoms with Crippen molar-refractivity contribution in [1.82, 2.24) is 0 Å². The summed E-state index contributed by atoms with van der Waals surface area (Å²) < 4.78 is 30.7. The normalized spacial score (nSPS) is 10.1. The minimum absolute atomic E-state index is 0.00439. The number of hydrogen-bond acceptors (Lipinski definition) is 2. The smallest absolute Gasteiger partial charge is 0.250 e. The molecule has 3 nitrogen and oxygen atoms in total. The lowest BCUT2D eigenvalue weighted by Gasteiger charge is -2.06. The largest absolute Gasteiger partial charge is 0.375 e. The lowest BCUT2D eigenvalue weighted by Crippen LogP contribution is -2.18. The molecular weight excluding hydrogens is 272 g/mol. The molecule has 0 saturated carbocycles. The van der Waals surface area contributed by atoms with Gasteiger partial charge in [-0.25, -0.2) is 8.78 Å². The highest BCUT2D eigenvalue weighted by Gasteiger charge is 2.10. The number of ether oxygens (including phenoxy) is 1. The van der Waals surface area contributed by atoms with Crippen LogP contribution in [-0.4, -0.2) is 19.6 Å². The Balaban J connectivity index is 2.86. The van der Waals surface area contributed by atoms with E-state index >= 15 is 0 Å². The number of rotatable bonds is 3. The van der Waals surface area contributed by atoms with Crippen molar-refractivity contribution in [1.29, 1.82) is 0 Å². The fraction of sp³-hybridized carbons (Fsp3) is 0.222. The van der Waals surface area contributed by atoms with E-state index in [1.165, 1.54) is 7.11 Å². The van der Waals surface area contributed by atoms with Crippen LogP contribution in [0.1, 0.15) is 0 Å². The van der Waals surface area contributed by atoms with Gasteiger partial charge in [-0.1, -0.05) is 0 Å². The lowest BCUT2D eigenvalue weighted by molar-refractivity contribution is -0.119. The fourth-order valence-corrected chi connectivity index (χ4v) is 1.25. The molecule has 1 rings (SSSR count).